The van der Waals surface area contributed by atoms with Crippen molar-refractivity contribution in [1.82, 2.24) is 10.9 Å². The predicted octanol–water partition coefficient (Wildman–Crippen LogP) is 3.79. The van der Waals surface area contributed by atoms with Crippen molar-refractivity contribution in [3.63, 3.8) is 0 Å². The largest absolute Gasteiger partial charge is 0.323 e. The van der Waals surface area contributed by atoms with Gasteiger partial charge in [-0.05, 0) is 42.3 Å². The molecule has 2 atom stereocenters. The Morgan fingerprint density at radius 2 is 1.96 bits per heavy atom. The number of anilines is 1. The fourth-order valence-corrected chi connectivity index (χ4v) is 2.93. The highest BCUT2D eigenvalue weighted by Gasteiger charge is 2.30. The second-order valence-electron chi connectivity index (χ2n) is 5.29. The number of amides is 1. The van der Waals surface area contributed by atoms with Crippen LogP contribution in [0, 0.1) is 5.82 Å². The van der Waals surface area contributed by atoms with E-state index in [2.05, 4.69) is 32.1 Å². The van der Waals surface area contributed by atoms with E-state index < -0.39 is 11.9 Å². The molecular weight excluding hydrogens is 385 g/mol. The fourth-order valence-electron chi connectivity index (χ4n) is 2.45. The number of hydrogen-bond acceptors (Lipinski definition) is 3. The molecule has 0 bridgehead atoms. The van der Waals surface area contributed by atoms with Gasteiger partial charge in [0.25, 0.3) is 0 Å². The lowest BCUT2D eigenvalue weighted by molar-refractivity contribution is -0.117. The number of hydrogen-bond donors (Lipinski definition) is 3. The third-order valence-corrected chi connectivity index (χ3v) is 4.52. The van der Waals surface area contributed by atoms with E-state index in [-0.39, 0.29) is 17.0 Å². The van der Waals surface area contributed by atoms with E-state index in [1.807, 2.05) is 24.3 Å². The molecule has 120 valence electrons. The molecule has 2 aromatic carbocycles. The Hall–Kier alpha value is -1.47. The van der Waals surface area contributed by atoms with Gasteiger partial charge in [-0.3, -0.25) is 4.79 Å². The van der Waals surface area contributed by atoms with Gasteiger partial charge in [-0.15, -0.1) is 0 Å². The van der Waals surface area contributed by atoms with Crippen molar-refractivity contribution in [2.24, 2.45) is 0 Å². The van der Waals surface area contributed by atoms with Crippen LogP contribution in [0.5, 0.6) is 0 Å². The van der Waals surface area contributed by atoms with Gasteiger partial charge < -0.3 is 5.32 Å². The third kappa shape index (κ3) is 3.90. The number of hydrazine groups is 1. The molecule has 23 heavy (non-hydrogen) atoms. The first-order valence-electron chi connectivity index (χ1n) is 7.05. The van der Waals surface area contributed by atoms with Crippen molar-refractivity contribution in [3.8, 4) is 0 Å². The molecule has 1 aliphatic rings. The molecule has 0 saturated carbocycles. The molecule has 7 heteroatoms. The Bertz CT molecular complexity index is 726. The summed E-state index contributed by atoms with van der Waals surface area (Å²) in [5.41, 5.74) is 7.58. The summed E-state index contributed by atoms with van der Waals surface area (Å²) in [4.78, 5) is 12.3. The van der Waals surface area contributed by atoms with E-state index >= 15 is 0 Å². The molecule has 0 aliphatic carbocycles. The van der Waals surface area contributed by atoms with Crippen LogP contribution in [-0.4, -0.2) is 11.9 Å². The first-order chi connectivity index (χ1) is 11.0. The zero-order chi connectivity index (χ0) is 16.4. The van der Waals surface area contributed by atoms with Crippen LogP contribution in [0.2, 0.25) is 5.02 Å². The van der Waals surface area contributed by atoms with E-state index in [0.717, 1.165) is 10.0 Å². The topological polar surface area (TPSA) is 53.2 Å². The van der Waals surface area contributed by atoms with Crippen molar-refractivity contribution >= 4 is 39.1 Å². The molecule has 1 fully saturated rings. The minimum absolute atomic E-state index is 0.0440. The van der Waals surface area contributed by atoms with Gasteiger partial charge in [0, 0.05) is 10.5 Å². The first-order valence-corrected chi connectivity index (χ1v) is 8.22. The van der Waals surface area contributed by atoms with Gasteiger partial charge in [0.2, 0.25) is 5.91 Å². The second-order valence-corrected chi connectivity index (χ2v) is 6.62. The van der Waals surface area contributed by atoms with Crippen molar-refractivity contribution in [2.75, 3.05) is 5.32 Å². The Morgan fingerprint density at radius 3 is 2.65 bits per heavy atom. The van der Waals surface area contributed by atoms with Gasteiger partial charge in [-0.2, -0.15) is 0 Å². The van der Waals surface area contributed by atoms with Crippen LogP contribution in [0.1, 0.15) is 18.0 Å². The summed E-state index contributed by atoms with van der Waals surface area (Å²) < 4.78 is 14.0. The van der Waals surface area contributed by atoms with Crippen LogP contribution < -0.4 is 16.2 Å². The highest BCUT2D eigenvalue weighted by molar-refractivity contribution is 9.10. The lowest BCUT2D eigenvalue weighted by Gasteiger charge is -2.12. The minimum atomic E-state index is -0.441. The molecule has 4 nitrogen and oxygen atoms in total. The Kier molecular flexibility index (Phi) is 4.96. The average molecular weight is 399 g/mol. The normalized spacial score (nSPS) is 20.5. The highest BCUT2D eigenvalue weighted by atomic mass is 79.9. The predicted molar refractivity (Wildman–Crippen MR) is 91.6 cm³/mol. The lowest BCUT2D eigenvalue weighted by Crippen LogP contribution is -2.39. The molecule has 3 N–H and O–H groups in total. The van der Waals surface area contributed by atoms with Gasteiger partial charge in [0.05, 0.1) is 10.7 Å². The molecule has 0 radical (unpaired) electrons. The zero-order valence-corrected chi connectivity index (χ0v) is 14.3. The molecule has 3 rings (SSSR count). The van der Waals surface area contributed by atoms with Crippen LogP contribution in [0.25, 0.3) is 0 Å². The molecule has 2 aromatic rings. The fraction of sp³-hybridized carbons (Fsp3) is 0.188. The smallest absolute Gasteiger partial charge is 0.242 e. The van der Waals surface area contributed by atoms with E-state index in [4.69, 9.17) is 11.6 Å². The molecular formula is C16H14BrClFN3O. The number of nitrogens with one attached hydrogen (secondary N) is 3. The average Bonchev–Trinajstić information content (AvgIpc) is 3.01. The molecule has 0 aromatic heterocycles. The van der Waals surface area contributed by atoms with Gasteiger partial charge in [-0.1, -0.05) is 39.7 Å². The van der Waals surface area contributed by atoms with Crippen molar-refractivity contribution in [2.45, 2.75) is 18.5 Å². The number of carbonyl (C=O) groups is 1. The van der Waals surface area contributed by atoms with Crippen LogP contribution >= 0.6 is 27.5 Å². The maximum Gasteiger partial charge on any atom is 0.242 e. The summed E-state index contributed by atoms with van der Waals surface area (Å²) in [5.74, 6) is -0.658. The van der Waals surface area contributed by atoms with E-state index in [9.17, 15) is 9.18 Å². The first kappa shape index (κ1) is 16.4. The van der Waals surface area contributed by atoms with Crippen LogP contribution in [0.4, 0.5) is 10.1 Å². The SMILES string of the molecule is O=C(Nc1ccc(F)cc1Cl)C1CC(c2ccc(Br)cc2)NN1. The van der Waals surface area contributed by atoms with Gasteiger partial charge >= 0.3 is 0 Å². The summed E-state index contributed by atoms with van der Waals surface area (Å²) in [6, 6.07) is 11.4. The third-order valence-electron chi connectivity index (χ3n) is 3.68. The molecule has 0 spiro atoms. The van der Waals surface area contributed by atoms with E-state index in [1.165, 1.54) is 18.2 Å². The minimum Gasteiger partial charge on any atom is -0.323 e. The lowest BCUT2D eigenvalue weighted by atomic mass is 10.0. The maximum atomic E-state index is 13.0. The monoisotopic (exact) mass is 397 g/mol. The molecule has 1 aliphatic heterocycles. The van der Waals surface area contributed by atoms with Gasteiger partial charge in [0.1, 0.15) is 11.9 Å². The van der Waals surface area contributed by atoms with Crippen molar-refractivity contribution in [3.05, 3.63) is 63.3 Å². The Labute approximate surface area is 146 Å². The van der Waals surface area contributed by atoms with E-state index in [0.29, 0.717) is 12.1 Å². The van der Waals surface area contributed by atoms with Crippen LogP contribution in [-0.2, 0) is 4.79 Å². The number of rotatable bonds is 3. The van der Waals surface area contributed by atoms with Crippen LogP contribution in [0.3, 0.4) is 0 Å². The number of halogens is 3. The standard InChI is InChI=1S/C16H14BrClFN3O/c17-10-3-1-9(2-4-10)14-8-15(22-21-14)16(23)20-13-6-5-11(19)7-12(13)18/h1-7,14-15,21-22H,8H2,(H,20,23). The highest BCUT2D eigenvalue weighted by Crippen LogP contribution is 2.26. The van der Waals surface area contributed by atoms with Crippen molar-refractivity contribution in [1.29, 1.82) is 0 Å². The summed E-state index contributed by atoms with van der Waals surface area (Å²) >= 11 is 9.32. The summed E-state index contributed by atoms with van der Waals surface area (Å²) in [6.45, 7) is 0. The summed E-state index contributed by atoms with van der Waals surface area (Å²) in [6.07, 6.45) is 0.603. The van der Waals surface area contributed by atoms with Crippen molar-refractivity contribution < 1.29 is 9.18 Å². The molecule has 2 unspecified atom stereocenters. The molecule has 1 saturated heterocycles. The van der Waals surface area contributed by atoms with Crippen LogP contribution in [0.15, 0.2) is 46.9 Å². The molecule has 1 heterocycles. The zero-order valence-electron chi connectivity index (χ0n) is 11.9. The molecule has 1 amide bonds. The van der Waals surface area contributed by atoms with Gasteiger partial charge in [0.15, 0.2) is 0 Å². The quantitative estimate of drug-likeness (QED) is 0.737. The summed E-state index contributed by atoms with van der Waals surface area (Å²) in [7, 11) is 0. The number of carbonyl (C=O) groups excluding carboxylic acids is 1. The Balaban J connectivity index is 1.64. The maximum absolute atomic E-state index is 13.0. The van der Waals surface area contributed by atoms with E-state index in [1.54, 1.807) is 0 Å². The van der Waals surface area contributed by atoms with Gasteiger partial charge in [-0.25, -0.2) is 15.2 Å². The number of benzene rings is 2. The Morgan fingerprint density at radius 1 is 1.22 bits per heavy atom. The second kappa shape index (κ2) is 6.97. The summed E-state index contributed by atoms with van der Waals surface area (Å²) in [5, 5.41) is 2.89.